The van der Waals surface area contributed by atoms with Crippen LogP contribution in [0, 0.1) is 0 Å². The van der Waals surface area contributed by atoms with Crippen molar-refractivity contribution in [3.8, 4) is 0 Å². The van der Waals surface area contributed by atoms with Crippen LogP contribution in [0.3, 0.4) is 0 Å². The summed E-state index contributed by atoms with van der Waals surface area (Å²) in [6, 6.07) is 0. The quantitative estimate of drug-likeness (QED) is 0.526. The molecule has 0 spiro atoms. The first kappa shape index (κ1) is 10.7. The van der Waals surface area contributed by atoms with Gasteiger partial charge in [-0.15, -0.1) is 0 Å². The third kappa shape index (κ3) is 3.90. The van der Waals surface area contributed by atoms with E-state index in [1.54, 1.807) is 0 Å². The predicted molar refractivity (Wildman–Crippen MR) is 52.6 cm³/mol. The fourth-order valence-electron chi connectivity index (χ4n) is 2.14. The molecule has 0 radical (unpaired) electrons. The van der Waals surface area contributed by atoms with Crippen LogP contribution < -0.4 is 0 Å². The summed E-state index contributed by atoms with van der Waals surface area (Å²) in [4.78, 5) is 10.1. The second-order valence-corrected chi connectivity index (χ2v) is 4.20. The van der Waals surface area contributed by atoms with Crippen molar-refractivity contribution in [3.05, 3.63) is 0 Å². The smallest absolute Gasteiger partial charge is 0.119 e. The summed E-state index contributed by atoms with van der Waals surface area (Å²) in [5.41, 5.74) is -0.388. The summed E-state index contributed by atoms with van der Waals surface area (Å²) >= 11 is 0. The van der Waals surface area contributed by atoms with Gasteiger partial charge in [0.1, 0.15) is 6.29 Å². The summed E-state index contributed by atoms with van der Waals surface area (Å²) in [5, 5.41) is 10.1. The molecule has 1 aliphatic rings. The maximum absolute atomic E-state index is 10.1. The molecule has 0 bridgehead atoms. The minimum atomic E-state index is -0.388. The molecular weight excluding hydrogens is 164 g/mol. The zero-order valence-corrected chi connectivity index (χ0v) is 8.30. The minimum absolute atomic E-state index is 0.388. The van der Waals surface area contributed by atoms with Gasteiger partial charge >= 0.3 is 0 Å². The van der Waals surface area contributed by atoms with Crippen LogP contribution in [0.5, 0.6) is 0 Å². The summed E-state index contributed by atoms with van der Waals surface area (Å²) in [7, 11) is 0. The van der Waals surface area contributed by atoms with Gasteiger partial charge in [0.2, 0.25) is 0 Å². The van der Waals surface area contributed by atoms with Crippen molar-refractivity contribution >= 4 is 6.29 Å². The van der Waals surface area contributed by atoms with Gasteiger partial charge in [-0.05, 0) is 25.7 Å². The molecule has 2 heteroatoms. The zero-order chi connectivity index (χ0) is 9.57. The molecule has 76 valence electrons. The summed E-state index contributed by atoms with van der Waals surface area (Å²) in [5.74, 6) is 0. The number of aliphatic hydroxyl groups is 1. The van der Waals surface area contributed by atoms with E-state index < -0.39 is 0 Å². The number of hydrogen-bond donors (Lipinski definition) is 1. The molecular formula is C11H20O2. The molecule has 0 atom stereocenters. The van der Waals surface area contributed by atoms with Gasteiger partial charge in [-0.1, -0.05) is 25.7 Å². The van der Waals surface area contributed by atoms with Crippen molar-refractivity contribution < 1.29 is 9.90 Å². The molecule has 1 aliphatic carbocycles. The van der Waals surface area contributed by atoms with Crippen LogP contribution in [0.1, 0.15) is 57.8 Å². The van der Waals surface area contributed by atoms with Crippen molar-refractivity contribution in [2.75, 3.05) is 0 Å². The molecule has 0 aromatic carbocycles. The van der Waals surface area contributed by atoms with E-state index in [1.807, 2.05) is 0 Å². The van der Waals surface area contributed by atoms with Crippen LogP contribution in [0.2, 0.25) is 0 Å². The minimum Gasteiger partial charge on any atom is -0.390 e. The zero-order valence-electron chi connectivity index (χ0n) is 8.30. The van der Waals surface area contributed by atoms with Crippen LogP contribution in [0.4, 0.5) is 0 Å². The first-order valence-electron chi connectivity index (χ1n) is 5.43. The molecule has 1 fully saturated rings. The predicted octanol–water partition coefficient (Wildman–Crippen LogP) is 2.44. The van der Waals surface area contributed by atoms with E-state index in [0.717, 1.165) is 38.4 Å². The Balaban J connectivity index is 2.13. The molecule has 2 nitrogen and oxygen atoms in total. The number of rotatable bonds is 5. The van der Waals surface area contributed by atoms with Crippen molar-refractivity contribution in [2.45, 2.75) is 63.4 Å². The lowest BCUT2D eigenvalue weighted by Crippen LogP contribution is -2.30. The number of carbonyl (C=O) groups is 1. The maximum atomic E-state index is 10.1. The van der Waals surface area contributed by atoms with Gasteiger partial charge in [0.05, 0.1) is 5.60 Å². The Kier molecular flexibility index (Phi) is 4.43. The number of carbonyl (C=O) groups excluding carboxylic acids is 1. The van der Waals surface area contributed by atoms with E-state index in [1.165, 1.54) is 19.3 Å². The molecule has 1 saturated carbocycles. The second-order valence-electron chi connectivity index (χ2n) is 4.20. The fraction of sp³-hybridized carbons (Fsp3) is 0.909. The molecule has 0 aliphatic heterocycles. The van der Waals surface area contributed by atoms with Gasteiger partial charge in [0.15, 0.2) is 0 Å². The lowest BCUT2D eigenvalue weighted by molar-refractivity contribution is -0.108. The molecule has 13 heavy (non-hydrogen) atoms. The van der Waals surface area contributed by atoms with Gasteiger partial charge < -0.3 is 9.90 Å². The van der Waals surface area contributed by atoms with Gasteiger partial charge in [0.25, 0.3) is 0 Å². The van der Waals surface area contributed by atoms with Crippen molar-refractivity contribution in [3.63, 3.8) is 0 Å². The fourth-order valence-corrected chi connectivity index (χ4v) is 2.14. The molecule has 1 rings (SSSR count). The Labute approximate surface area is 80.3 Å². The molecule has 0 unspecified atom stereocenters. The lowest BCUT2D eigenvalue weighted by atomic mass is 9.81. The van der Waals surface area contributed by atoms with Gasteiger partial charge in [-0.25, -0.2) is 0 Å². The van der Waals surface area contributed by atoms with E-state index in [4.69, 9.17) is 0 Å². The first-order chi connectivity index (χ1) is 6.27. The Morgan fingerprint density at radius 3 is 2.46 bits per heavy atom. The standard InChI is InChI=1S/C11H20O2/c12-10-6-2-5-9-11(13)7-3-1-4-8-11/h10,13H,1-9H2. The van der Waals surface area contributed by atoms with E-state index in [9.17, 15) is 9.90 Å². The Bertz CT molecular complexity index is 148. The Hall–Kier alpha value is -0.370. The van der Waals surface area contributed by atoms with Crippen LogP contribution >= 0.6 is 0 Å². The highest BCUT2D eigenvalue weighted by molar-refractivity contribution is 5.48. The average molecular weight is 184 g/mol. The average Bonchev–Trinajstić information content (AvgIpc) is 2.14. The third-order valence-corrected chi connectivity index (χ3v) is 3.00. The number of unbranched alkanes of at least 4 members (excludes halogenated alkanes) is 2. The summed E-state index contributed by atoms with van der Waals surface area (Å²) in [6.07, 6.45) is 9.98. The van der Waals surface area contributed by atoms with Crippen LogP contribution in [-0.4, -0.2) is 17.0 Å². The largest absolute Gasteiger partial charge is 0.390 e. The highest BCUT2D eigenvalue weighted by Crippen LogP contribution is 2.32. The summed E-state index contributed by atoms with van der Waals surface area (Å²) < 4.78 is 0. The Morgan fingerprint density at radius 2 is 1.85 bits per heavy atom. The molecule has 1 N–H and O–H groups in total. The topological polar surface area (TPSA) is 37.3 Å². The van der Waals surface area contributed by atoms with E-state index >= 15 is 0 Å². The molecule has 0 heterocycles. The monoisotopic (exact) mass is 184 g/mol. The van der Waals surface area contributed by atoms with Crippen molar-refractivity contribution in [1.29, 1.82) is 0 Å². The molecule has 0 aromatic heterocycles. The van der Waals surface area contributed by atoms with Crippen molar-refractivity contribution in [1.82, 2.24) is 0 Å². The molecule has 0 amide bonds. The molecule has 0 saturated heterocycles. The van der Waals surface area contributed by atoms with Crippen LogP contribution in [-0.2, 0) is 4.79 Å². The highest BCUT2D eigenvalue weighted by Gasteiger charge is 2.27. The van der Waals surface area contributed by atoms with Crippen LogP contribution in [0.25, 0.3) is 0 Å². The van der Waals surface area contributed by atoms with E-state index in [2.05, 4.69) is 0 Å². The van der Waals surface area contributed by atoms with E-state index in [0.29, 0.717) is 6.42 Å². The summed E-state index contributed by atoms with van der Waals surface area (Å²) in [6.45, 7) is 0. The molecule has 0 aromatic rings. The highest BCUT2D eigenvalue weighted by atomic mass is 16.3. The van der Waals surface area contributed by atoms with Gasteiger partial charge in [0, 0.05) is 6.42 Å². The normalized spacial score (nSPS) is 21.3. The van der Waals surface area contributed by atoms with Gasteiger partial charge in [-0.3, -0.25) is 0 Å². The van der Waals surface area contributed by atoms with Crippen LogP contribution in [0.15, 0.2) is 0 Å². The maximum Gasteiger partial charge on any atom is 0.119 e. The van der Waals surface area contributed by atoms with Gasteiger partial charge in [-0.2, -0.15) is 0 Å². The number of aldehydes is 1. The SMILES string of the molecule is O=CCCCCC1(O)CCCCC1. The second kappa shape index (κ2) is 5.38. The lowest BCUT2D eigenvalue weighted by Gasteiger charge is -2.32. The number of hydrogen-bond acceptors (Lipinski definition) is 2. The van der Waals surface area contributed by atoms with Crippen molar-refractivity contribution in [2.24, 2.45) is 0 Å². The first-order valence-corrected chi connectivity index (χ1v) is 5.43. The van der Waals surface area contributed by atoms with E-state index in [-0.39, 0.29) is 5.60 Å². The Morgan fingerprint density at radius 1 is 1.15 bits per heavy atom. The third-order valence-electron chi connectivity index (χ3n) is 3.00.